The zero-order valence-electron chi connectivity index (χ0n) is 11.1. The number of hydrogen-bond donors (Lipinski definition) is 1. The molecule has 2 heterocycles. The molecule has 0 amide bonds. The van der Waals surface area contributed by atoms with Gasteiger partial charge >= 0.3 is 0 Å². The number of benzene rings is 1. The number of fused-ring (bicyclic) bond motifs is 1. The van der Waals surface area contributed by atoms with Gasteiger partial charge in [0.2, 0.25) is 0 Å². The molecule has 0 aliphatic carbocycles. The SMILES string of the molecule is OC(C1=CCCCO1)c1cc(Br)c2c(c1)OCCCO2. The molecule has 3 rings (SSSR count). The summed E-state index contributed by atoms with van der Waals surface area (Å²) in [4.78, 5) is 0. The Kier molecular flexibility index (Phi) is 4.17. The molecule has 20 heavy (non-hydrogen) atoms. The lowest BCUT2D eigenvalue weighted by Gasteiger charge is -2.21. The molecule has 5 heteroatoms. The summed E-state index contributed by atoms with van der Waals surface area (Å²) in [5.74, 6) is 2.00. The van der Waals surface area contributed by atoms with E-state index in [1.54, 1.807) is 0 Å². The monoisotopic (exact) mass is 340 g/mol. The Balaban J connectivity index is 1.92. The third-order valence-corrected chi connectivity index (χ3v) is 3.96. The fourth-order valence-electron chi connectivity index (χ4n) is 2.34. The highest BCUT2D eigenvalue weighted by Gasteiger charge is 2.22. The number of halogens is 1. The molecule has 1 atom stereocenters. The van der Waals surface area contributed by atoms with Crippen molar-refractivity contribution in [2.24, 2.45) is 0 Å². The summed E-state index contributed by atoms with van der Waals surface area (Å²) >= 11 is 3.48. The molecular formula is C15H17BrO4. The number of ether oxygens (including phenoxy) is 3. The van der Waals surface area contributed by atoms with E-state index in [1.807, 2.05) is 18.2 Å². The Hall–Kier alpha value is -1.20. The molecule has 108 valence electrons. The van der Waals surface area contributed by atoms with Crippen LogP contribution in [0, 0.1) is 0 Å². The van der Waals surface area contributed by atoms with Gasteiger partial charge in [-0.15, -0.1) is 0 Å². The van der Waals surface area contributed by atoms with Crippen LogP contribution in [0.25, 0.3) is 0 Å². The zero-order chi connectivity index (χ0) is 13.9. The molecule has 0 radical (unpaired) electrons. The molecule has 0 fully saturated rings. The van der Waals surface area contributed by atoms with Gasteiger partial charge in [0.25, 0.3) is 0 Å². The first kappa shape index (κ1) is 13.8. The molecule has 1 unspecified atom stereocenters. The number of aliphatic hydroxyl groups excluding tert-OH is 1. The van der Waals surface area contributed by atoms with Crippen LogP contribution in [-0.2, 0) is 4.74 Å². The minimum absolute atomic E-state index is 0.623. The van der Waals surface area contributed by atoms with Crippen molar-refractivity contribution in [1.82, 2.24) is 0 Å². The number of aliphatic hydroxyl groups is 1. The second-order valence-electron chi connectivity index (χ2n) is 4.88. The van der Waals surface area contributed by atoms with Gasteiger partial charge in [-0.3, -0.25) is 0 Å². The first-order valence-corrected chi connectivity index (χ1v) is 7.65. The minimum Gasteiger partial charge on any atom is -0.495 e. The van der Waals surface area contributed by atoms with Gasteiger partial charge in [0.15, 0.2) is 11.5 Å². The molecule has 2 aliphatic rings. The van der Waals surface area contributed by atoms with Gasteiger partial charge in [-0.05, 0) is 52.5 Å². The van der Waals surface area contributed by atoms with E-state index in [-0.39, 0.29) is 0 Å². The fraction of sp³-hybridized carbons (Fsp3) is 0.467. The number of rotatable bonds is 2. The van der Waals surface area contributed by atoms with Gasteiger partial charge < -0.3 is 19.3 Å². The number of hydrogen-bond acceptors (Lipinski definition) is 4. The molecule has 0 saturated carbocycles. The molecule has 1 N–H and O–H groups in total. The molecule has 4 nitrogen and oxygen atoms in total. The largest absolute Gasteiger partial charge is 0.495 e. The van der Waals surface area contributed by atoms with Crippen molar-refractivity contribution in [2.45, 2.75) is 25.4 Å². The van der Waals surface area contributed by atoms with E-state index in [0.717, 1.165) is 29.3 Å². The maximum Gasteiger partial charge on any atom is 0.175 e. The van der Waals surface area contributed by atoms with Crippen molar-refractivity contribution < 1.29 is 19.3 Å². The van der Waals surface area contributed by atoms with Crippen LogP contribution in [0.3, 0.4) is 0 Å². The third-order valence-electron chi connectivity index (χ3n) is 3.37. The van der Waals surface area contributed by atoms with Crippen LogP contribution in [-0.4, -0.2) is 24.9 Å². The third kappa shape index (κ3) is 2.79. The first-order chi connectivity index (χ1) is 9.75. The minimum atomic E-state index is -0.760. The van der Waals surface area contributed by atoms with E-state index in [2.05, 4.69) is 15.9 Å². The standard InChI is InChI=1S/C15H17BrO4/c16-11-8-10(14(17)12-4-1-2-5-18-12)9-13-15(11)20-7-3-6-19-13/h4,8-9,14,17H,1-3,5-7H2. The van der Waals surface area contributed by atoms with E-state index in [9.17, 15) is 5.11 Å². The van der Waals surface area contributed by atoms with Crippen LogP contribution in [0.1, 0.15) is 30.9 Å². The molecule has 2 aliphatic heterocycles. The molecule has 0 aromatic heterocycles. The maximum absolute atomic E-state index is 10.4. The van der Waals surface area contributed by atoms with Crippen molar-refractivity contribution in [1.29, 1.82) is 0 Å². The Morgan fingerprint density at radius 3 is 2.65 bits per heavy atom. The van der Waals surface area contributed by atoms with Gasteiger partial charge in [-0.2, -0.15) is 0 Å². The lowest BCUT2D eigenvalue weighted by atomic mass is 10.0. The van der Waals surface area contributed by atoms with Gasteiger partial charge in [0.05, 0.1) is 24.3 Å². The summed E-state index contributed by atoms with van der Waals surface area (Å²) in [7, 11) is 0. The first-order valence-electron chi connectivity index (χ1n) is 6.85. The average molecular weight is 341 g/mol. The summed E-state index contributed by atoms with van der Waals surface area (Å²) in [5, 5.41) is 10.4. The van der Waals surface area contributed by atoms with Gasteiger partial charge in [0.1, 0.15) is 11.9 Å². The molecule has 1 aromatic rings. The summed E-state index contributed by atoms with van der Waals surface area (Å²) in [6.45, 7) is 1.93. The van der Waals surface area contributed by atoms with Crippen molar-refractivity contribution in [3.8, 4) is 11.5 Å². The zero-order valence-corrected chi connectivity index (χ0v) is 12.7. The average Bonchev–Trinajstić information content (AvgIpc) is 2.73. The van der Waals surface area contributed by atoms with Crippen LogP contribution in [0.15, 0.2) is 28.4 Å². The van der Waals surface area contributed by atoms with Crippen molar-refractivity contribution in [3.63, 3.8) is 0 Å². The van der Waals surface area contributed by atoms with Crippen molar-refractivity contribution >= 4 is 15.9 Å². The van der Waals surface area contributed by atoms with Crippen LogP contribution in [0.4, 0.5) is 0 Å². The molecule has 0 saturated heterocycles. The highest BCUT2D eigenvalue weighted by atomic mass is 79.9. The van der Waals surface area contributed by atoms with Crippen LogP contribution in [0.5, 0.6) is 11.5 Å². The molecular weight excluding hydrogens is 324 g/mol. The van der Waals surface area contributed by atoms with Crippen LogP contribution < -0.4 is 9.47 Å². The molecule has 0 spiro atoms. The Bertz CT molecular complexity index is 527. The maximum atomic E-state index is 10.4. The van der Waals surface area contributed by atoms with E-state index in [1.165, 1.54) is 0 Å². The van der Waals surface area contributed by atoms with Crippen molar-refractivity contribution in [3.05, 3.63) is 34.0 Å². The normalized spacial score (nSPS) is 19.6. The second-order valence-corrected chi connectivity index (χ2v) is 5.73. The lowest BCUT2D eigenvalue weighted by Crippen LogP contribution is -2.10. The van der Waals surface area contributed by atoms with Gasteiger partial charge in [0, 0.05) is 6.42 Å². The van der Waals surface area contributed by atoms with Gasteiger partial charge in [-0.1, -0.05) is 0 Å². The Morgan fingerprint density at radius 1 is 1.05 bits per heavy atom. The predicted octanol–water partition coefficient (Wildman–Crippen LogP) is 3.34. The van der Waals surface area contributed by atoms with E-state index < -0.39 is 6.10 Å². The summed E-state index contributed by atoms with van der Waals surface area (Å²) in [6.07, 6.45) is 3.99. The highest BCUT2D eigenvalue weighted by Crippen LogP contribution is 2.40. The van der Waals surface area contributed by atoms with E-state index in [4.69, 9.17) is 14.2 Å². The van der Waals surface area contributed by atoms with Gasteiger partial charge in [-0.25, -0.2) is 0 Å². The van der Waals surface area contributed by atoms with E-state index in [0.29, 0.717) is 37.1 Å². The Labute approximate surface area is 126 Å². The predicted molar refractivity (Wildman–Crippen MR) is 78.0 cm³/mol. The summed E-state index contributed by atoms with van der Waals surface area (Å²) < 4.78 is 17.7. The smallest absolute Gasteiger partial charge is 0.175 e. The Morgan fingerprint density at radius 2 is 1.85 bits per heavy atom. The molecule has 0 bridgehead atoms. The highest BCUT2D eigenvalue weighted by molar-refractivity contribution is 9.10. The lowest BCUT2D eigenvalue weighted by molar-refractivity contribution is 0.0916. The van der Waals surface area contributed by atoms with Crippen LogP contribution in [0.2, 0.25) is 0 Å². The van der Waals surface area contributed by atoms with Crippen LogP contribution >= 0.6 is 15.9 Å². The fourth-order valence-corrected chi connectivity index (χ4v) is 2.91. The summed E-state index contributed by atoms with van der Waals surface area (Å²) in [6, 6.07) is 3.69. The van der Waals surface area contributed by atoms with E-state index >= 15 is 0 Å². The molecule has 1 aromatic carbocycles. The number of allylic oxidation sites excluding steroid dienone is 1. The summed E-state index contributed by atoms with van der Waals surface area (Å²) in [5.41, 5.74) is 0.745. The topological polar surface area (TPSA) is 47.9 Å². The second kappa shape index (κ2) is 6.06. The quantitative estimate of drug-likeness (QED) is 0.896. The van der Waals surface area contributed by atoms with Crippen molar-refractivity contribution in [2.75, 3.05) is 19.8 Å².